The summed E-state index contributed by atoms with van der Waals surface area (Å²) in [7, 11) is 1.54. The van der Waals surface area contributed by atoms with E-state index in [1.165, 1.54) is 54.0 Å². The van der Waals surface area contributed by atoms with Crippen LogP contribution in [0, 0.1) is 18.8 Å². The highest BCUT2D eigenvalue weighted by Crippen LogP contribution is 2.41. The van der Waals surface area contributed by atoms with E-state index in [2.05, 4.69) is 54.2 Å². The Hall–Kier alpha value is -2.50. The molecular weight excluding hydrogens is 426 g/mol. The lowest BCUT2D eigenvalue weighted by Crippen LogP contribution is -2.45. The highest BCUT2D eigenvalue weighted by atomic mass is 16.6. The van der Waals surface area contributed by atoms with Crippen molar-refractivity contribution < 1.29 is 14.3 Å². The van der Waals surface area contributed by atoms with Gasteiger partial charge in [-0.15, -0.1) is 0 Å². The number of nitrogens with zero attached hydrogens (tertiary/aromatic N) is 1. The SMILES string of the molecule is CNC(=O)OC(C)(C)C.Cc1cccc2[nH]c3c(c12)CCN(C(=O)C1CCCCC1)C3C(C)C. The number of alkyl carbamates (subject to hydrolysis) is 1. The van der Waals surface area contributed by atoms with Crippen molar-refractivity contribution in [2.45, 2.75) is 91.7 Å². The van der Waals surface area contributed by atoms with Crippen LogP contribution in [0.2, 0.25) is 0 Å². The molecule has 2 aliphatic rings. The average Bonchev–Trinajstić information content (AvgIpc) is 3.17. The van der Waals surface area contributed by atoms with Gasteiger partial charge in [0.25, 0.3) is 0 Å². The maximum absolute atomic E-state index is 13.3. The normalized spacial score (nSPS) is 18.8. The lowest BCUT2D eigenvalue weighted by Gasteiger charge is -2.40. The van der Waals surface area contributed by atoms with Crippen molar-refractivity contribution in [3.05, 3.63) is 35.0 Å². The van der Waals surface area contributed by atoms with Crippen molar-refractivity contribution in [1.29, 1.82) is 0 Å². The molecule has 34 heavy (non-hydrogen) atoms. The molecule has 2 amide bonds. The molecular formula is C28H43N3O3. The zero-order chi connectivity index (χ0) is 25.0. The minimum atomic E-state index is -0.389. The fourth-order valence-corrected chi connectivity index (χ4v) is 5.42. The molecule has 1 atom stereocenters. The minimum Gasteiger partial charge on any atom is -0.444 e. The number of rotatable bonds is 2. The Morgan fingerprint density at radius 1 is 1.15 bits per heavy atom. The van der Waals surface area contributed by atoms with Crippen LogP contribution in [0.1, 0.15) is 89.6 Å². The monoisotopic (exact) mass is 469 g/mol. The topological polar surface area (TPSA) is 74.4 Å². The molecule has 4 rings (SSSR count). The van der Waals surface area contributed by atoms with Crippen molar-refractivity contribution in [3.8, 4) is 0 Å². The number of benzene rings is 1. The molecule has 0 bridgehead atoms. The van der Waals surface area contributed by atoms with E-state index in [0.29, 0.717) is 11.8 Å². The highest BCUT2D eigenvalue weighted by molar-refractivity contribution is 5.89. The summed E-state index contributed by atoms with van der Waals surface area (Å²) in [5.41, 5.74) is 4.90. The van der Waals surface area contributed by atoms with E-state index >= 15 is 0 Å². The van der Waals surface area contributed by atoms with Gasteiger partial charge in [-0.05, 0) is 70.1 Å². The Kier molecular flexibility index (Phi) is 8.32. The number of nitrogens with one attached hydrogen (secondary N) is 2. The van der Waals surface area contributed by atoms with Gasteiger partial charge in [-0.2, -0.15) is 0 Å². The molecule has 1 aromatic heterocycles. The molecule has 2 heterocycles. The fraction of sp³-hybridized carbons (Fsp3) is 0.643. The van der Waals surface area contributed by atoms with E-state index in [0.717, 1.165) is 25.8 Å². The number of hydrogen-bond donors (Lipinski definition) is 2. The van der Waals surface area contributed by atoms with E-state index in [-0.39, 0.29) is 23.7 Å². The second kappa shape index (κ2) is 10.8. The maximum Gasteiger partial charge on any atom is 0.407 e. The van der Waals surface area contributed by atoms with Crippen LogP contribution in [0.5, 0.6) is 0 Å². The molecule has 6 heteroatoms. The molecule has 1 aliphatic carbocycles. The first-order valence-electron chi connectivity index (χ1n) is 12.8. The van der Waals surface area contributed by atoms with Crippen LogP contribution in [-0.4, -0.2) is 41.1 Å². The predicted octanol–water partition coefficient (Wildman–Crippen LogP) is 6.28. The van der Waals surface area contributed by atoms with Crippen molar-refractivity contribution in [2.75, 3.05) is 13.6 Å². The largest absolute Gasteiger partial charge is 0.444 e. The number of H-pyrrole nitrogens is 1. The molecule has 188 valence electrons. The van der Waals surface area contributed by atoms with Crippen LogP contribution in [0.15, 0.2) is 18.2 Å². The average molecular weight is 470 g/mol. The van der Waals surface area contributed by atoms with Gasteiger partial charge in [0.2, 0.25) is 5.91 Å². The van der Waals surface area contributed by atoms with Crippen LogP contribution in [0.3, 0.4) is 0 Å². The molecule has 2 N–H and O–H groups in total. The summed E-state index contributed by atoms with van der Waals surface area (Å²) in [5.74, 6) is 1.07. The highest BCUT2D eigenvalue weighted by Gasteiger charge is 2.38. The van der Waals surface area contributed by atoms with E-state index in [9.17, 15) is 9.59 Å². The summed E-state index contributed by atoms with van der Waals surface area (Å²) < 4.78 is 4.84. The predicted molar refractivity (Wildman–Crippen MR) is 138 cm³/mol. The third-order valence-corrected chi connectivity index (χ3v) is 6.88. The first-order chi connectivity index (χ1) is 16.0. The molecule has 2 aromatic rings. The van der Waals surface area contributed by atoms with Gasteiger partial charge in [-0.1, -0.05) is 45.2 Å². The van der Waals surface area contributed by atoms with Crippen molar-refractivity contribution in [1.82, 2.24) is 15.2 Å². The smallest absolute Gasteiger partial charge is 0.407 e. The molecule has 1 unspecified atom stereocenters. The number of aryl methyl sites for hydroxylation is 1. The number of fused-ring (bicyclic) bond motifs is 3. The Morgan fingerprint density at radius 3 is 2.38 bits per heavy atom. The van der Waals surface area contributed by atoms with Crippen LogP contribution in [-0.2, 0) is 16.0 Å². The summed E-state index contributed by atoms with van der Waals surface area (Å²) in [5, 5.41) is 3.74. The molecule has 0 spiro atoms. The number of carbonyl (C=O) groups is 2. The van der Waals surface area contributed by atoms with Crippen LogP contribution in [0.25, 0.3) is 10.9 Å². The summed E-state index contributed by atoms with van der Waals surface area (Å²) >= 11 is 0. The molecule has 1 saturated carbocycles. The second-order valence-electron chi connectivity index (χ2n) is 11.1. The minimum absolute atomic E-state index is 0.185. The number of aromatic amines is 1. The number of amides is 2. The standard InChI is InChI=1S/C22H30N2O.C6H13NO2/c1-14(2)21-20-17(19-15(3)8-7-11-18(19)23-20)12-13-24(21)22(25)16-9-5-4-6-10-16;1-6(2,3)9-5(8)7-4/h7-8,11,14,16,21,23H,4-6,9-10,12-13H2,1-3H3;1-4H3,(H,7,8). The van der Waals surface area contributed by atoms with Gasteiger partial charge in [0, 0.05) is 36.1 Å². The van der Waals surface area contributed by atoms with Gasteiger partial charge in [-0.25, -0.2) is 4.79 Å². The molecule has 1 fully saturated rings. The summed E-state index contributed by atoms with van der Waals surface area (Å²) in [6.45, 7) is 13.0. The number of aromatic nitrogens is 1. The molecule has 0 saturated heterocycles. The quantitative estimate of drug-likeness (QED) is 0.544. The Labute approximate surface area is 204 Å². The summed E-state index contributed by atoms with van der Waals surface area (Å²) in [4.78, 5) is 29.7. The van der Waals surface area contributed by atoms with Gasteiger partial charge in [0.1, 0.15) is 5.60 Å². The fourth-order valence-electron chi connectivity index (χ4n) is 5.42. The van der Waals surface area contributed by atoms with Gasteiger partial charge in [-0.3, -0.25) is 4.79 Å². The summed E-state index contributed by atoms with van der Waals surface area (Å²) in [6, 6.07) is 6.67. The van der Waals surface area contributed by atoms with Gasteiger partial charge in [0.15, 0.2) is 0 Å². The molecule has 1 aliphatic heterocycles. The number of hydrogen-bond acceptors (Lipinski definition) is 3. The Balaban J connectivity index is 0.000000309. The van der Waals surface area contributed by atoms with Crippen LogP contribution in [0.4, 0.5) is 4.79 Å². The Bertz CT molecular complexity index is 996. The van der Waals surface area contributed by atoms with E-state index in [1.807, 2.05) is 20.8 Å². The zero-order valence-electron chi connectivity index (χ0n) is 22.1. The van der Waals surface area contributed by atoms with E-state index < -0.39 is 0 Å². The lowest BCUT2D eigenvalue weighted by molar-refractivity contribution is -0.140. The maximum atomic E-state index is 13.3. The van der Waals surface area contributed by atoms with Gasteiger partial charge in [0.05, 0.1) is 6.04 Å². The van der Waals surface area contributed by atoms with Crippen molar-refractivity contribution in [3.63, 3.8) is 0 Å². The third kappa shape index (κ3) is 5.94. The Morgan fingerprint density at radius 2 is 1.82 bits per heavy atom. The first-order valence-corrected chi connectivity index (χ1v) is 12.8. The van der Waals surface area contributed by atoms with Crippen LogP contribution >= 0.6 is 0 Å². The first kappa shape index (κ1) is 26.1. The molecule has 6 nitrogen and oxygen atoms in total. The summed E-state index contributed by atoms with van der Waals surface area (Å²) in [6.07, 6.45) is 6.48. The van der Waals surface area contributed by atoms with Crippen molar-refractivity contribution in [2.24, 2.45) is 11.8 Å². The lowest BCUT2D eigenvalue weighted by atomic mass is 9.85. The molecule has 0 radical (unpaired) electrons. The number of ether oxygens (including phenoxy) is 1. The second-order valence-corrected chi connectivity index (χ2v) is 11.1. The van der Waals surface area contributed by atoms with Crippen molar-refractivity contribution >= 4 is 22.9 Å². The van der Waals surface area contributed by atoms with Gasteiger partial charge < -0.3 is 19.9 Å². The van der Waals surface area contributed by atoms with E-state index in [1.54, 1.807) is 0 Å². The van der Waals surface area contributed by atoms with E-state index in [4.69, 9.17) is 4.74 Å². The van der Waals surface area contributed by atoms with Crippen LogP contribution < -0.4 is 5.32 Å². The number of carbonyl (C=O) groups excluding carboxylic acids is 2. The van der Waals surface area contributed by atoms with Gasteiger partial charge >= 0.3 is 6.09 Å². The zero-order valence-corrected chi connectivity index (χ0v) is 22.1. The molecule has 1 aromatic carbocycles. The third-order valence-electron chi connectivity index (χ3n) is 6.88.